The number of aryl methyl sites for hydroxylation is 1. The van der Waals surface area contributed by atoms with E-state index in [9.17, 15) is 0 Å². The molecule has 1 aromatic carbocycles. The molecule has 18 heavy (non-hydrogen) atoms. The molecule has 0 saturated heterocycles. The lowest BCUT2D eigenvalue weighted by Gasteiger charge is -2.29. The topological polar surface area (TPSA) is 45.0 Å². The lowest BCUT2D eigenvalue weighted by atomic mass is 9.92. The number of nitrogens with zero attached hydrogens (tertiary/aromatic N) is 1. The molecule has 1 aliphatic rings. The Morgan fingerprint density at radius 2 is 2.00 bits per heavy atom. The van der Waals surface area contributed by atoms with Crippen molar-refractivity contribution < 1.29 is 4.74 Å². The maximum atomic E-state index is 8.93. The number of ether oxygens (including phenoxy) is 1. The highest BCUT2D eigenvalue weighted by Crippen LogP contribution is 2.25. The van der Waals surface area contributed by atoms with Crippen molar-refractivity contribution in [3.05, 3.63) is 29.3 Å². The highest BCUT2D eigenvalue weighted by atomic mass is 16.5. The van der Waals surface area contributed by atoms with E-state index in [-0.39, 0.29) is 0 Å². The van der Waals surface area contributed by atoms with Crippen LogP contribution in [0.25, 0.3) is 0 Å². The number of anilines is 1. The van der Waals surface area contributed by atoms with Gasteiger partial charge in [0.05, 0.1) is 17.7 Å². The molecule has 1 saturated carbocycles. The van der Waals surface area contributed by atoms with Crippen LogP contribution in [0.3, 0.4) is 0 Å². The van der Waals surface area contributed by atoms with E-state index < -0.39 is 0 Å². The minimum absolute atomic E-state index is 0.426. The lowest BCUT2D eigenvalue weighted by molar-refractivity contribution is 0.0682. The summed E-state index contributed by atoms with van der Waals surface area (Å²) in [6.45, 7) is 2.07. The fourth-order valence-electron chi connectivity index (χ4n) is 2.51. The molecule has 0 unspecified atom stereocenters. The van der Waals surface area contributed by atoms with Gasteiger partial charge >= 0.3 is 0 Å². The van der Waals surface area contributed by atoms with Crippen molar-refractivity contribution in [2.45, 2.75) is 44.8 Å². The third-order valence-corrected chi connectivity index (χ3v) is 3.73. The van der Waals surface area contributed by atoms with E-state index in [1.165, 1.54) is 5.56 Å². The van der Waals surface area contributed by atoms with Gasteiger partial charge in [-0.15, -0.1) is 0 Å². The predicted octanol–water partition coefficient (Wildman–Crippen LogP) is 3.24. The maximum Gasteiger partial charge on any atom is 0.0992 e. The molecule has 0 spiro atoms. The summed E-state index contributed by atoms with van der Waals surface area (Å²) in [5, 5.41) is 12.5. The van der Waals surface area contributed by atoms with Gasteiger partial charge in [0.2, 0.25) is 0 Å². The molecule has 0 amide bonds. The summed E-state index contributed by atoms with van der Waals surface area (Å²) >= 11 is 0. The fraction of sp³-hybridized carbons (Fsp3) is 0.533. The second-order valence-corrected chi connectivity index (χ2v) is 5.00. The van der Waals surface area contributed by atoms with Crippen LogP contribution in [-0.4, -0.2) is 19.3 Å². The van der Waals surface area contributed by atoms with Crippen LogP contribution in [0.1, 0.15) is 36.8 Å². The van der Waals surface area contributed by atoms with Crippen LogP contribution in [0.15, 0.2) is 18.2 Å². The monoisotopic (exact) mass is 244 g/mol. The molecule has 0 bridgehead atoms. The number of nitriles is 1. The average Bonchev–Trinajstić information content (AvgIpc) is 2.42. The van der Waals surface area contributed by atoms with Crippen molar-refractivity contribution in [3.63, 3.8) is 0 Å². The van der Waals surface area contributed by atoms with Crippen molar-refractivity contribution in [3.8, 4) is 6.07 Å². The van der Waals surface area contributed by atoms with E-state index in [0.29, 0.717) is 17.7 Å². The van der Waals surface area contributed by atoms with Gasteiger partial charge in [0.1, 0.15) is 0 Å². The Labute approximate surface area is 109 Å². The Morgan fingerprint density at radius 1 is 1.28 bits per heavy atom. The summed E-state index contributed by atoms with van der Waals surface area (Å²) in [5.74, 6) is 0. The van der Waals surface area contributed by atoms with Crippen molar-refractivity contribution in [2.24, 2.45) is 0 Å². The van der Waals surface area contributed by atoms with E-state index in [2.05, 4.69) is 18.3 Å². The van der Waals surface area contributed by atoms with Gasteiger partial charge in [-0.25, -0.2) is 0 Å². The first-order valence-electron chi connectivity index (χ1n) is 6.53. The Hall–Kier alpha value is -1.53. The number of hydrogen-bond donors (Lipinski definition) is 1. The summed E-state index contributed by atoms with van der Waals surface area (Å²) in [7, 11) is 1.79. The van der Waals surface area contributed by atoms with Crippen LogP contribution in [-0.2, 0) is 4.74 Å². The molecule has 0 heterocycles. The first kappa shape index (κ1) is 12.9. The molecule has 1 fully saturated rings. The molecule has 1 aromatic rings. The van der Waals surface area contributed by atoms with Gasteiger partial charge in [0.25, 0.3) is 0 Å². The molecule has 0 atom stereocenters. The average molecular weight is 244 g/mol. The largest absolute Gasteiger partial charge is 0.382 e. The highest BCUT2D eigenvalue weighted by Gasteiger charge is 2.20. The van der Waals surface area contributed by atoms with E-state index in [0.717, 1.165) is 31.4 Å². The van der Waals surface area contributed by atoms with E-state index in [4.69, 9.17) is 10.00 Å². The summed E-state index contributed by atoms with van der Waals surface area (Å²) in [6, 6.07) is 8.50. The van der Waals surface area contributed by atoms with Gasteiger partial charge < -0.3 is 10.1 Å². The highest BCUT2D eigenvalue weighted by molar-refractivity contribution is 5.55. The van der Waals surface area contributed by atoms with Crippen LogP contribution in [0.4, 0.5) is 5.69 Å². The standard InChI is InChI=1S/C15H20N2O/c1-11-3-4-12(10-16)9-15(11)17-13-5-7-14(18-2)8-6-13/h3-4,9,13-14,17H,5-8H2,1-2H3. The molecule has 1 N–H and O–H groups in total. The second-order valence-electron chi connectivity index (χ2n) is 5.00. The Balaban J connectivity index is 2.00. The summed E-state index contributed by atoms with van der Waals surface area (Å²) in [5.41, 5.74) is 3.01. The van der Waals surface area contributed by atoms with Gasteiger partial charge in [-0.2, -0.15) is 5.26 Å². The number of hydrogen-bond acceptors (Lipinski definition) is 3. The minimum Gasteiger partial charge on any atom is -0.382 e. The van der Waals surface area contributed by atoms with E-state index in [1.54, 1.807) is 7.11 Å². The molecule has 0 aromatic heterocycles. The number of nitrogens with one attached hydrogen (secondary N) is 1. The predicted molar refractivity (Wildman–Crippen MR) is 72.6 cm³/mol. The summed E-state index contributed by atoms with van der Waals surface area (Å²) in [6.07, 6.45) is 4.93. The Morgan fingerprint density at radius 3 is 2.61 bits per heavy atom. The van der Waals surface area contributed by atoms with Gasteiger partial charge in [0, 0.05) is 18.8 Å². The third kappa shape index (κ3) is 3.02. The first-order chi connectivity index (χ1) is 8.72. The van der Waals surface area contributed by atoms with Gasteiger partial charge in [-0.3, -0.25) is 0 Å². The number of methoxy groups -OCH3 is 1. The van der Waals surface area contributed by atoms with Gasteiger partial charge in [-0.1, -0.05) is 6.07 Å². The van der Waals surface area contributed by atoms with Crippen molar-refractivity contribution in [2.75, 3.05) is 12.4 Å². The first-order valence-corrected chi connectivity index (χ1v) is 6.53. The number of benzene rings is 1. The summed E-state index contributed by atoms with van der Waals surface area (Å²) in [4.78, 5) is 0. The van der Waals surface area contributed by atoms with Crippen LogP contribution >= 0.6 is 0 Å². The quantitative estimate of drug-likeness (QED) is 0.887. The zero-order valence-corrected chi connectivity index (χ0v) is 11.1. The van der Waals surface area contributed by atoms with Gasteiger partial charge in [0.15, 0.2) is 0 Å². The van der Waals surface area contributed by atoms with E-state index >= 15 is 0 Å². The minimum atomic E-state index is 0.426. The van der Waals surface area contributed by atoms with Crippen molar-refractivity contribution in [1.82, 2.24) is 0 Å². The SMILES string of the molecule is COC1CCC(Nc2cc(C#N)ccc2C)CC1. The smallest absolute Gasteiger partial charge is 0.0992 e. The Bertz CT molecular complexity index is 442. The molecule has 2 rings (SSSR count). The zero-order chi connectivity index (χ0) is 13.0. The third-order valence-electron chi connectivity index (χ3n) is 3.73. The van der Waals surface area contributed by atoms with Crippen LogP contribution in [0.2, 0.25) is 0 Å². The molecular formula is C15H20N2O. The second kappa shape index (κ2) is 5.88. The summed E-state index contributed by atoms with van der Waals surface area (Å²) < 4.78 is 5.38. The normalized spacial score (nSPS) is 23.4. The fourth-order valence-corrected chi connectivity index (χ4v) is 2.51. The van der Waals surface area contributed by atoms with E-state index in [1.807, 2.05) is 18.2 Å². The number of rotatable bonds is 3. The van der Waals surface area contributed by atoms with Gasteiger partial charge in [-0.05, 0) is 50.3 Å². The van der Waals surface area contributed by atoms with Crippen LogP contribution in [0, 0.1) is 18.3 Å². The van der Waals surface area contributed by atoms with Crippen molar-refractivity contribution in [1.29, 1.82) is 5.26 Å². The maximum absolute atomic E-state index is 8.93. The molecule has 0 aliphatic heterocycles. The Kier molecular flexibility index (Phi) is 4.22. The molecule has 96 valence electrons. The molecule has 0 radical (unpaired) electrons. The van der Waals surface area contributed by atoms with Crippen LogP contribution < -0.4 is 5.32 Å². The molecule has 3 nitrogen and oxygen atoms in total. The lowest BCUT2D eigenvalue weighted by Crippen LogP contribution is -2.29. The molecule has 1 aliphatic carbocycles. The zero-order valence-electron chi connectivity index (χ0n) is 11.1. The molecular weight excluding hydrogens is 224 g/mol. The molecule has 3 heteroatoms. The van der Waals surface area contributed by atoms with Crippen LogP contribution in [0.5, 0.6) is 0 Å². The van der Waals surface area contributed by atoms with Crippen molar-refractivity contribution >= 4 is 5.69 Å².